The number of piperidine rings is 1. The highest BCUT2D eigenvalue weighted by Crippen LogP contribution is 2.42. The zero-order valence-electron chi connectivity index (χ0n) is 24.5. The average Bonchev–Trinajstić information content (AvgIpc) is 3.56. The number of ether oxygens (including phenoxy) is 1. The van der Waals surface area contributed by atoms with Gasteiger partial charge in [-0.05, 0) is 87.8 Å². The molecule has 2 bridgehead atoms. The van der Waals surface area contributed by atoms with Crippen molar-refractivity contribution in [3.8, 4) is 5.75 Å². The second-order valence-corrected chi connectivity index (χ2v) is 14.0. The van der Waals surface area contributed by atoms with Crippen molar-refractivity contribution in [1.29, 1.82) is 0 Å². The summed E-state index contributed by atoms with van der Waals surface area (Å²) in [6.07, 6.45) is 8.08. The second-order valence-electron chi connectivity index (χ2n) is 12.3. The van der Waals surface area contributed by atoms with Gasteiger partial charge >= 0.3 is 0 Å². The highest BCUT2D eigenvalue weighted by atomic mass is 32.2. The molecule has 224 valence electrons. The van der Waals surface area contributed by atoms with Crippen molar-refractivity contribution in [3.63, 3.8) is 0 Å². The third-order valence-electron chi connectivity index (χ3n) is 9.78. The maximum Gasteiger partial charge on any atom is 0.240 e. The van der Waals surface area contributed by atoms with Crippen LogP contribution in [0.2, 0.25) is 0 Å². The van der Waals surface area contributed by atoms with E-state index in [1.54, 1.807) is 31.4 Å². The Bertz CT molecular complexity index is 1290. The molecule has 2 aliphatic heterocycles. The minimum Gasteiger partial charge on any atom is -0.497 e. The van der Waals surface area contributed by atoms with Crippen LogP contribution in [0.3, 0.4) is 0 Å². The molecule has 3 N–H and O–H groups in total. The fourth-order valence-corrected chi connectivity index (χ4v) is 8.56. The van der Waals surface area contributed by atoms with Crippen molar-refractivity contribution in [1.82, 2.24) is 10.0 Å². The van der Waals surface area contributed by atoms with Crippen LogP contribution in [0.25, 0.3) is 0 Å². The Labute approximate surface area is 244 Å². The lowest BCUT2D eigenvalue weighted by Crippen LogP contribution is -2.51. The summed E-state index contributed by atoms with van der Waals surface area (Å²) in [6.45, 7) is 3.98. The number of rotatable bonds is 11. The molecule has 2 aromatic rings. The molecule has 4 atom stereocenters. The molecule has 0 radical (unpaired) electrons. The zero-order valence-corrected chi connectivity index (χ0v) is 25.3. The number of hydrogen-bond donors (Lipinski definition) is 3. The number of carbonyl (C=O) groups is 1. The fourth-order valence-electron chi connectivity index (χ4n) is 7.30. The number of amides is 1. The van der Waals surface area contributed by atoms with E-state index in [0.717, 1.165) is 69.0 Å². The molecule has 0 aromatic heterocycles. The third kappa shape index (κ3) is 6.27. The summed E-state index contributed by atoms with van der Waals surface area (Å²) in [5.74, 6) is 0.698. The summed E-state index contributed by atoms with van der Waals surface area (Å²) >= 11 is 0. The van der Waals surface area contributed by atoms with E-state index in [1.807, 2.05) is 19.1 Å². The van der Waals surface area contributed by atoms with Gasteiger partial charge in [-0.2, -0.15) is 0 Å². The predicted octanol–water partition coefficient (Wildman–Crippen LogP) is 4.55. The van der Waals surface area contributed by atoms with E-state index in [0.29, 0.717) is 12.2 Å². The maximum absolute atomic E-state index is 13.1. The SMILES string of the molecule is CCC1(C(=O)N[C@@H](C)[C@H](O)Cc2ccccc2N2C3CCC2CC(NS(=O)(=O)c2ccc(OC)cc2)C3)CCCC1. The second kappa shape index (κ2) is 12.3. The molecule has 1 amide bonds. The summed E-state index contributed by atoms with van der Waals surface area (Å²) < 4.78 is 34.3. The highest BCUT2D eigenvalue weighted by Gasteiger charge is 2.43. The van der Waals surface area contributed by atoms with E-state index in [4.69, 9.17) is 4.74 Å². The zero-order chi connectivity index (χ0) is 29.2. The van der Waals surface area contributed by atoms with Gasteiger partial charge in [0, 0.05) is 35.6 Å². The van der Waals surface area contributed by atoms with Gasteiger partial charge in [0.15, 0.2) is 0 Å². The summed E-state index contributed by atoms with van der Waals surface area (Å²) in [7, 11) is -2.08. The molecule has 8 nitrogen and oxygen atoms in total. The Morgan fingerprint density at radius 3 is 2.32 bits per heavy atom. The molecule has 9 heteroatoms. The molecular weight excluding hydrogens is 538 g/mol. The van der Waals surface area contributed by atoms with Crippen molar-refractivity contribution >= 4 is 21.6 Å². The average molecular weight is 584 g/mol. The monoisotopic (exact) mass is 583 g/mol. The predicted molar refractivity (Wildman–Crippen MR) is 161 cm³/mol. The van der Waals surface area contributed by atoms with E-state index in [-0.39, 0.29) is 40.4 Å². The minimum absolute atomic E-state index is 0.0783. The van der Waals surface area contributed by atoms with Crippen molar-refractivity contribution in [3.05, 3.63) is 54.1 Å². The normalized spacial score (nSPS) is 25.1. The molecule has 3 aliphatic rings. The highest BCUT2D eigenvalue weighted by molar-refractivity contribution is 7.89. The molecule has 2 saturated heterocycles. The van der Waals surface area contributed by atoms with Crippen LogP contribution >= 0.6 is 0 Å². The van der Waals surface area contributed by atoms with E-state index in [9.17, 15) is 18.3 Å². The van der Waals surface area contributed by atoms with Gasteiger partial charge in [0.2, 0.25) is 15.9 Å². The number of sulfonamides is 1. The molecular formula is C32H45N3O5S. The molecule has 2 aromatic carbocycles. The first kappa shape index (κ1) is 29.9. The lowest BCUT2D eigenvalue weighted by Gasteiger charge is -2.42. The first-order valence-electron chi connectivity index (χ1n) is 15.2. The topological polar surface area (TPSA) is 108 Å². The molecule has 2 heterocycles. The number of anilines is 1. The van der Waals surface area contributed by atoms with Crippen LogP contribution in [-0.4, -0.2) is 56.8 Å². The van der Waals surface area contributed by atoms with Crippen LogP contribution in [0.15, 0.2) is 53.4 Å². The van der Waals surface area contributed by atoms with E-state index < -0.39 is 16.1 Å². The minimum atomic E-state index is -3.63. The Hall–Kier alpha value is -2.62. The maximum atomic E-state index is 13.1. The first-order chi connectivity index (χ1) is 19.7. The van der Waals surface area contributed by atoms with Gasteiger partial charge in [0.25, 0.3) is 0 Å². The number of methoxy groups -OCH3 is 1. The van der Waals surface area contributed by atoms with Gasteiger partial charge in [-0.15, -0.1) is 0 Å². The number of benzene rings is 2. The van der Waals surface area contributed by atoms with Crippen molar-refractivity contribution in [2.75, 3.05) is 12.0 Å². The van der Waals surface area contributed by atoms with E-state index in [1.165, 1.54) is 0 Å². The lowest BCUT2D eigenvalue weighted by molar-refractivity contribution is -0.132. The Morgan fingerprint density at radius 2 is 1.71 bits per heavy atom. The Kier molecular flexibility index (Phi) is 8.97. The fraction of sp³-hybridized carbons (Fsp3) is 0.594. The summed E-state index contributed by atoms with van der Waals surface area (Å²) in [5.41, 5.74) is 1.88. The molecule has 1 saturated carbocycles. The van der Waals surface area contributed by atoms with Crippen molar-refractivity contribution in [2.24, 2.45) is 5.41 Å². The van der Waals surface area contributed by atoms with Crippen LogP contribution in [0.4, 0.5) is 5.69 Å². The number of hydrogen-bond acceptors (Lipinski definition) is 6. The van der Waals surface area contributed by atoms with Gasteiger partial charge in [-0.1, -0.05) is 38.0 Å². The van der Waals surface area contributed by atoms with E-state index >= 15 is 0 Å². The largest absolute Gasteiger partial charge is 0.497 e. The van der Waals surface area contributed by atoms with Crippen LogP contribution in [0, 0.1) is 5.41 Å². The van der Waals surface area contributed by atoms with Crippen LogP contribution in [0.1, 0.15) is 77.2 Å². The number of nitrogens with one attached hydrogen (secondary N) is 2. The summed E-state index contributed by atoms with van der Waals surface area (Å²) in [4.78, 5) is 15.8. The van der Waals surface area contributed by atoms with Gasteiger partial charge in [0.1, 0.15) is 5.75 Å². The molecule has 5 rings (SSSR count). The summed E-state index contributed by atoms with van der Waals surface area (Å²) in [6, 6.07) is 14.6. The number of aliphatic hydroxyl groups is 1. The van der Waals surface area contributed by atoms with Gasteiger partial charge in [0.05, 0.1) is 24.2 Å². The first-order valence-corrected chi connectivity index (χ1v) is 16.7. The quantitative estimate of drug-likeness (QED) is 0.358. The third-order valence-corrected chi connectivity index (χ3v) is 11.3. The molecule has 0 spiro atoms. The van der Waals surface area contributed by atoms with Crippen LogP contribution in [-0.2, 0) is 21.2 Å². The Balaban J connectivity index is 1.24. The number of para-hydroxylation sites is 1. The van der Waals surface area contributed by atoms with Crippen LogP contribution < -0.4 is 19.7 Å². The molecule has 1 aliphatic carbocycles. The molecule has 2 unspecified atom stereocenters. The lowest BCUT2D eigenvalue weighted by atomic mass is 9.82. The van der Waals surface area contributed by atoms with Crippen molar-refractivity contribution < 1.29 is 23.1 Å². The van der Waals surface area contributed by atoms with Crippen LogP contribution in [0.5, 0.6) is 5.75 Å². The van der Waals surface area contributed by atoms with Crippen molar-refractivity contribution in [2.45, 2.75) is 113 Å². The Morgan fingerprint density at radius 1 is 1.07 bits per heavy atom. The number of aliphatic hydroxyl groups excluding tert-OH is 1. The standard InChI is InChI=1S/C32H45N3O5S/c1-4-32(17-7-8-18-32)31(37)33-22(2)30(36)19-23-9-5-6-10-29(23)35-25-11-12-26(35)21-24(20-25)34-41(38,39)28-15-13-27(40-3)14-16-28/h5-6,9-10,13-16,22,24-26,30,34,36H,4,7-8,11-12,17-21H2,1-3H3,(H,33,37)/t22-,24?,25?,26?,30+/m0/s1. The molecule has 3 fully saturated rings. The molecule has 41 heavy (non-hydrogen) atoms. The van der Waals surface area contributed by atoms with Gasteiger partial charge in [-0.3, -0.25) is 4.79 Å². The number of carbonyl (C=O) groups excluding carboxylic acids is 1. The smallest absolute Gasteiger partial charge is 0.240 e. The number of fused-ring (bicyclic) bond motifs is 2. The van der Waals surface area contributed by atoms with E-state index in [2.05, 4.69) is 34.0 Å². The number of nitrogens with zero attached hydrogens (tertiary/aromatic N) is 1. The van der Waals surface area contributed by atoms with Gasteiger partial charge in [-0.25, -0.2) is 13.1 Å². The van der Waals surface area contributed by atoms with Gasteiger partial charge < -0.3 is 20.1 Å². The summed E-state index contributed by atoms with van der Waals surface area (Å²) in [5, 5.41) is 14.3.